The van der Waals surface area contributed by atoms with Gasteiger partial charge in [-0.3, -0.25) is 4.79 Å². The van der Waals surface area contributed by atoms with Crippen molar-refractivity contribution < 1.29 is 14.3 Å². The minimum Gasteiger partial charge on any atom is -0.386 e. The zero-order valence-corrected chi connectivity index (χ0v) is 13.1. The molecule has 0 fully saturated rings. The molecule has 0 aliphatic heterocycles. The van der Waals surface area contributed by atoms with Crippen molar-refractivity contribution in [2.24, 2.45) is 0 Å². The van der Waals surface area contributed by atoms with Crippen LogP contribution in [0.4, 0.5) is 4.39 Å². The molecule has 4 heteroatoms. The molecule has 0 atom stereocenters. The van der Waals surface area contributed by atoms with E-state index in [2.05, 4.69) is 19.2 Å². The molecule has 3 nitrogen and oxygen atoms in total. The summed E-state index contributed by atoms with van der Waals surface area (Å²) in [5, 5.41) is 12.1. The maximum absolute atomic E-state index is 13.2. The first kappa shape index (κ1) is 18.6. The Balaban J connectivity index is 0.000000621. The molecule has 20 heavy (non-hydrogen) atoms. The van der Waals surface area contributed by atoms with E-state index in [1.807, 2.05) is 0 Å². The molecule has 0 aliphatic rings. The maximum Gasteiger partial charge on any atom is 0.251 e. The van der Waals surface area contributed by atoms with Crippen LogP contribution in [0, 0.1) is 5.82 Å². The molecular formula is C16H26FNO2. The van der Waals surface area contributed by atoms with Crippen molar-refractivity contribution >= 4 is 5.91 Å². The van der Waals surface area contributed by atoms with Gasteiger partial charge in [-0.15, -0.1) is 0 Å². The summed E-state index contributed by atoms with van der Waals surface area (Å²) < 4.78 is 13.2. The van der Waals surface area contributed by atoms with Crippen LogP contribution in [-0.2, 0) is 5.60 Å². The fourth-order valence-corrected chi connectivity index (χ4v) is 1.57. The predicted octanol–water partition coefficient (Wildman–Crippen LogP) is 3.61. The van der Waals surface area contributed by atoms with Crippen LogP contribution >= 0.6 is 0 Å². The summed E-state index contributed by atoms with van der Waals surface area (Å²) in [6, 6.07) is 3.82. The molecule has 0 radical (unpaired) electrons. The van der Waals surface area contributed by atoms with E-state index >= 15 is 0 Å². The summed E-state index contributed by atoms with van der Waals surface area (Å²) in [7, 11) is 1.47. The largest absolute Gasteiger partial charge is 0.386 e. The third-order valence-electron chi connectivity index (χ3n) is 2.80. The molecule has 0 heterocycles. The molecule has 1 amide bonds. The lowest BCUT2D eigenvalue weighted by atomic mass is 9.96. The summed E-state index contributed by atoms with van der Waals surface area (Å²) in [6.45, 7) is 7.50. The maximum atomic E-state index is 13.2. The lowest BCUT2D eigenvalue weighted by molar-refractivity contribution is 0.0780. The van der Waals surface area contributed by atoms with Crippen molar-refractivity contribution in [3.63, 3.8) is 0 Å². The van der Waals surface area contributed by atoms with Gasteiger partial charge < -0.3 is 10.4 Å². The highest BCUT2D eigenvalue weighted by Crippen LogP contribution is 2.21. The van der Waals surface area contributed by atoms with Crippen molar-refractivity contribution in [1.82, 2.24) is 5.32 Å². The molecule has 0 saturated carbocycles. The van der Waals surface area contributed by atoms with Crippen LogP contribution in [0.5, 0.6) is 0 Å². The van der Waals surface area contributed by atoms with Crippen LogP contribution in [0.2, 0.25) is 0 Å². The Morgan fingerprint density at radius 1 is 1.25 bits per heavy atom. The number of hydrogen-bond acceptors (Lipinski definition) is 2. The number of benzene rings is 1. The Labute approximate surface area is 121 Å². The smallest absolute Gasteiger partial charge is 0.251 e. The summed E-state index contributed by atoms with van der Waals surface area (Å²) in [5.74, 6) is -0.909. The van der Waals surface area contributed by atoms with Crippen LogP contribution in [0.1, 0.15) is 62.9 Å². The van der Waals surface area contributed by atoms with Crippen LogP contribution in [0.3, 0.4) is 0 Å². The molecule has 1 aromatic carbocycles. The summed E-state index contributed by atoms with van der Waals surface area (Å²) in [6.07, 6.45) is 4.08. The molecule has 2 N–H and O–H groups in total. The first-order valence-electron chi connectivity index (χ1n) is 7.01. The third kappa shape index (κ3) is 6.66. The zero-order chi connectivity index (χ0) is 15.8. The standard InChI is InChI=1S/C11H14FNO2.C5H12/c1-11(2,15)8-4-7(10(14)13-3)5-9(12)6-8;1-3-5-4-2/h4-6,15H,1-3H3,(H,13,14);3-5H2,1-2H3. The second-order valence-corrected chi connectivity index (χ2v) is 5.22. The highest BCUT2D eigenvalue weighted by atomic mass is 19.1. The van der Waals surface area contributed by atoms with Gasteiger partial charge in [-0.1, -0.05) is 33.1 Å². The first-order chi connectivity index (χ1) is 9.26. The molecule has 0 saturated heterocycles. The molecule has 0 bridgehead atoms. The van der Waals surface area contributed by atoms with Gasteiger partial charge in [0.1, 0.15) is 5.82 Å². The number of carbonyl (C=O) groups excluding carboxylic acids is 1. The summed E-state index contributed by atoms with van der Waals surface area (Å²) >= 11 is 0. The second-order valence-electron chi connectivity index (χ2n) is 5.22. The number of nitrogens with one attached hydrogen (secondary N) is 1. The van der Waals surface area contributed by atoms with Crippen LogP contribution in [0.15, 0.2) is 18.2 Å². The van der Waals surface area contributed by atoms with Gasteiger partial charge in [-0.05, 0) is 37.6 Å². The van der Waals surface area contributed by atoms with Crippen molar-refractivity contribution in [3.05, 3.63) is 35.1 Å². The lowest BCUT2D eigenvalue weighted by Crippen LogP contribution is -2.21. The van der Waals surface area contributed by atoms with E-state index in [-0.39, 0.29) is 11.5 Å². The van der Waals surface area contributed by atoms with Gasteiger partial charge in [0.05, 0.1) is 5.60 Å². The molecule has 1 rings (SSSR count). The Kier molecular flexibility index (Phi) is 8.07. The Hall–Kier alpha value is -1.42. The van der Waals surface area contributed by atoms with Crippen LogP contribution in [-0.4, -0.2) is 18.1 Å². The normalized spacial score (nSPS) is 10.6. The van der Waals surface area contributed by atoms with E-state index in [9.17, 15) is 14.3 Å². The fraction of sp³-hybridized carbons (Fsp3) is 0.562. The van der Waals surface area contributed by atoms with Gasteiger partial charge in [0.2, 0.25) is 0 Å². The van der Waals surface area contributed by atoms with Gasteiger partial charge in [-0.2, -0.15) is 0 Å². The Morgan fingerprint density at radius 2 is 1.80 bits per heavy atom. The number of amides is 1. The van der Waals surface area contributed by atoms with E-state index in [1.54, 1.807) is 0 Å². The Morgan fingerprint density at radius 3 is 2.15 bits per heavy atom. The van der Waals surface area contributed by atoms with Crippen molar-refractivity contribution in [1.29, 1.82) is 0 Å². The predicted molar refractivity (Wildman–Crippen MR) is 80.2 cm³/mol. The van der Waals surface area contributed by atoms with Crippen molar-refractivity contribution in [2.75, 3.05) is 7.05 Å². The molecule has 0 aliphatic carbocycles. The van der Waals surface area contributed by atoms with E-state index in [0.29, 0.717) is 5.56 Å². The zero-order valence-electron chi connectivity index (χ0n) is 13.1. The van der Waals surface area contributed by atoms with Crippen molar-refractivity contribution in [3.8, 4) is 0 Å². The van der Waals surface area contributed by atoms with E-state index in [0.717, 1.165) is 6.07 Å². The molecule has 0 aromatic heterocycles. The van der Waals surface area contributed by atoms with E-state index < -0.39 is 11.4 Å². The Bertz CT molecular complexity index is 423. The molecule has 114 valence electrons. The number of hydrogen-bond donors (Lipinski definition) is 2. The van der Waals surface area contributed by atoms with Gasteiger partial charge in [-0.25, -0.2) is 4.39 Å². The topological polar surface area (TPSA) is 49.3 Å². The monoisotopic (exact) mass is 283 g/mol. The molecule has 0 spiro atoms. The van der Waals surface area contributed by atoms with E-state index in [4.69, 9.17) is 0 Å². The van der Waals surface area contributed by atoms with E-state index in [1.165, 1.54) is 52.3 Å². The second kappa shape index (κ2) is 8.69. The average Bonchev–Trinajstić information content (AvgIpc) is 2.37. The first-order valence-corrected chi connectivity index (χ1v) is 7.01. The van der Waals surface area contributed by atoms with Crippen LogP contribution in [0.25, 0.3) is 0 Å². The SMILES string of the molecule is CCCCC.CNC(=O)c1cc(F)cc(C(C)(C)O)c1. The number of rotatable bonds is 4. The highest BCUT2D eigenvalue weighted by molar-refractivity contribution is 5.94. The molecule has 1 aromatic rings. The number of carbonyl (C=O) groups is 1. The van der Waals surface area contributed by atoms with Gasteiger partial charge >= 0.3 is 0 Å². The van der Waals surface area contributed by atoms with Gasteiger partial charge in [0.25, 0.3) is 5.91 Å². The number of aliphatic hydroxyl groups is 1. The highest BCUT2D eigenvalue weighted by Gasteiger charge is 2.18. The average molecular weight is 283 g/mol. The third-order valence-corrected chi connectivity index (χ3v) is 2.80. The number of unbranched alkanes of at least 4 members (excludes halogenated alkanes) is 2. The van der Waals surface area contributed by atoms with Crippen LogP contribution < -0.4 is 5.32 Å². The van der Waals surface area contributed by atoms with Gasteiger partial charge in [0, 0.05) is 12.6 Å². The molecule has 0 unspecified atom stereocenters. The van der Waals surface area contributed by atoms with Crippen molar-refractivity contribution in [2.45, 2.75) is 52.6 Å². The number of halogens is 1. The lowest BCUT2D eigenvalue weighted by Gasteiger charge is -2.18. The quantitative estimate of drug-likeness (QED) is 0.887. The fourth-order valence-electron chi connectivity index (χ4n) is 1.57. The minimum absolute atomic E-state index is 0.203. The summed E-state index contributed by atoms with van der Waals surface area (Å²) in [5.41, 5.74) is -0.582. The summed E-state index contributed by atoms with van der Waals surface area (Å²) in [4.78, 5) is 11.3. The van der Waals surface area contributed by atoms with Gasteiger partial charge in [0.15, 0.2) is 0 Å². The molecular weight excluding hydrogens is 257 g/mol. The minimum atomic E-state index is -1.16.